The number of hydrogen-bond acceptors (Lipinski definition) is 3. The van der Waals surface area contributed by atoms with Gasteiger partial charge >= 0.3 is 6.18 Å². The van der Waals surface area contributed by atoms with Crippen LogP contribution in [0.2, 0.25) is 0 Å². The molecule has 17 heavy (non-hydrogen) atoms. The molecule has 1 aliphatic rings. The Labute approximate surface area is 96.3 Å². The van der Waals surface area contributed by atoms with E-state index < -0.39 is 18.6 Å². The quantitative estimate of drug-likeness (QED) is 0.893. The molecule has 0 unspecified atom stereocenters. The molecule has 1 atom stereocenters. The predicted molar refractivity (Wildman–Crippen MR) is 54.8 cm³/mol. The first-order valence-electron chi connectivity index (χ1n) is 5.17. The Morgan fingerprint density at radius 1 is 1.24 bits per heavy atom. The van der Waals surface area contributed by atoms with Crippen LogP contribution in [0.4, 0.5) is 13.2 Å². The molecule has 3 nitrogen and oxygen atoms in total. The molecule has 0 amide bonds. The highest BCUT2D eigenvalue weighted by Crippen LogP contribution is 2.35. The maximum absolute atomic E-state index is 12.1. The Hall–Kier alpha value is -1.43. The number of fused-ring (bicyclic) bond motifs is 1. The zero-order valence-electron chi connectivity index (χ0n) is 8.96. The van der Waals surface area contributed by atoms with E-state index in [9.17, 15) is 13.2 Å². The van der Waals surface area contributed by atoms with Crippen LogP contribution in [0.1, 0.15) is 24.4 Å². The fourth-order valence-electron chi connectivity index (χ4n) is 1.63. The molecule has 1 aromatic rings. The van der Waals surface area contributed by atoms with Gasteiger partial charge in [0.1, 0.15) is 0 Å². The average molecular weight is 247 g/mol. The van der Waals surface area contributed by atoms with Gasteiger partial charge in [-0.25, -0.2) is 0 Å². The first-order chi connectivity index (χ1) is 7.96. The lowest BCUT2D eigenvalue weighted by Crippen LogP contribution is -2.15. The molecule has 0 aromatic heterocycles. The molecule has 0 aliphatic carbocycles. The summed E-state index contributed by atoms with van der Waals surface area (Å²) in [5, 5.41) is 0. The van der Waals surface area contributed by atoms with Crippen LogP contribution in [0.5, 0.6) is 11.5 Å². The van der Waals surface area contributed by atoms with Crippen LogP contribution in [0.25, 0.3) is 0 Å². The first-order valence-corrected chi connectivity index (χ1v) is 5.17. The molecule has 0 fully saturated rings. The van der Waals surface area contributed by atoms with Crippen LogP contribution in [0.3, 0.4) is 0 Å². The number of alkyl halides is 3. The van der Waals surface area contributed by atoms with E-state index in [4.69, 9.17) is 15.2 Å². The van der Waals surface area contributed by atoms with E-state index >= 15 is 0 Å². The summed E-state index contributed by atoms with van der Waals surface area (Å²) in [4.78, 5) is 0. The third kappa shape index (κ3) is 3.03. The number of hydrogen-bond donors (Lipinski definition) is 1. The monoisotopic (exact) mass is 247 g/mol. The van der Waals surface area contributed by atoms with Crippen molar-refractivity contribution in [3.8, 4) is 11.5 Å². The van der Waals surface area contributed by atoms with Gasteiger partial charge in [0.05, 0.1) is 0 Å². The number of nitrogens with two attached hydrogens (primary N) is 1. The molecule has 0 radical (unpaired) electrons. The van der Waals surface area contributed by atoms with Gasteiger partial charge in [0, 0.05) is 12.5 Å². The molecule has 1 aliphatic heterocycles. The Morgan fingerprint density at radius 3 is 2.65 bits per heavy atom. The Kier molecular flexibility index (Phi) is 3.15. The van der Waals surface area contributed by atoms with E-state index in [2.05, 4.69) is 0 Å². The zero-order valence-corrected chi connectivity index (χ0v) is 8.96. The number of halogens is 3. The highest BCUT2D eigenvalue weighted by Gasteiger charge is 2.28. The van der Waals surface area contributed by atoms with Gasteiger partial charge in [0.2, 0.25) is 6.79 Å². The maximum Gasteiger partial charge on any atom is 0.389 e. The maximum atomic E-state index is 12.1. The van der Waals surface area contributed by atoms with Gasteiger partial charge in [-0.1, -0.05) is 6.07 Å². The summed E-state index contributed by atoms with van der Waals surface area (Å²) in [6.07, 6.45) is -5.19. The summed E-state index contributed by atoms with van der Waals surface area (Å²) in [6.45, 7) is 0.135. The van der Waals surface area contributed by atoms with E-state index in [1.807, 2.05) is 0 Å². The largest absolute Gasteiger partial charge is 0.454 e. The molecule has 0 saturated carbocycles. The zero-order chi connectivity index (χ0) is 12.5. The Bertz CT molecular complexity index is 406. The van der Waals surface area contributed by atoms with E-state index in [-0.39, 0.29) is 13.2 Å². The van der Waals surface area contributed by atoms with Crippen molar-refractivity contribution >= 4 is 0 Å². The minimum absolute atomic E-state index is 0.135. The summed E-state index contributed by atoms with van der Waals surface area (Å²) in [6, 6.07) is 4.30. The predicted octanol–water partition coefficient (Wildman–Crippen LogP) is 2.76. The van der Waals surface area contributed by atoms with E-state index in [1.54, 1.807) is 18.2 Å². The van der Waals surface area contributed by atoms with E-state index in [0.717, 1.165) is 0 Å². The molecule has 2 N–H and O–H groups in total. The van der Waals surface area contributed by atoms with Crippen molar-refractivity contribution < 1.29 is 22.6 Å². The van der Waals surface area contributed by atoms with Crippen LogP contribution in [-0.4, -0.2) is 13.0 Å². The van der Waals surface area contributed by atoms with Crippen molar-refractivity contribution in [1.29, 1.82) is 0 Å². The fourth-order valence-corrected chi connectivity index (χ4v) is 1.63. The van der Waals surface area contributed by atoms with Crippen molar-refractivity contribution in [3.63, 3.8) is 0 Å². The van der Waals surface area contributed by atoms with Crippen LogP contribution in [0, 0.1) is 0 Å². The summed E-state index contributed by atoms with van der Waals surface area (Å²) >= 11 is 0. The number of rotatable bonds is 3. The van der Waals surface area contributed by atoms with Crippen LogP contribution >= 0.6 is 0 Å². The lowest BCUT2D eigenvalue weighted by atomic mass is 10.0. The van der Waals surface area contributed by atoms with Gasteiger partial charge in [-0.3, -0.25) is 0 Å². The normalized spacial score (nSPS) is 16.0. The van der Waals surface area contributed by atoms with Crippen molar-refractivity contribution in [2.75, 3.05) is 6.79 Å². The second-order valence-electron chi connectivity index (χ2n) is 3.87. The molecule has 6 heteroatoms. The third-order valence-electron chi connectivity index (χ3n) is 2.56. The number of ether oxygens (including phenoxy) is 2. The fraction of sp³-hybridized carbons (Fsp3) is 0.455. The topological polar surface area (TPSA) is 44.5 Å². The Morgan fingerprint density at radius 2 is 1.94 bits per heavy atom. The van der Waals surface area contributed by atoms with Gasteiger partial charge in [-0.15, -0.1) is 0 Å². The van der Waals surface area contributed by atoms with Gasteiger partial charge in [-0.05, 0) is 24.1 Å². The van der Waals surface area contributed by atoms with Crippen LogP contribution in [-0.2, 0) is 0 Å². The van der Waals surface area contributed by atoms with Crippen molar-refractivity contribution in [1.82, 2.24) is 0 Å². The van der Waals surface area contributed by atoms with Crippen molar-refractivity contribution in [2.24, 2.45) is 5.73 Å². The smallest absolute Gasteiger partial charge is 0.389 e. The van der Waals surface area contributed by atoms with Crippen molar-refractivity contribution in [3.05, 3.63) is 23.8 Å². The highest BCUT2D eigenvalue weighted by molar-refractivity contribution is 5.45. The average Bonchev–Trinajstić information content (AvgIpc) is 2.71. The molecule has 1 heterocycles. The summed E-state index contributed by atoms with van der Waals surface area (Å²) in [7, 11) is 0. The minimum Gasteiger partial charge on any atom is -0.454 e. The first kappa shape index (κ1) is 12.0. The second-order valence-corrected chi connectivity index (χ2v) is 3.87. The summed E-state index contributed by atoms with van der Waals surface area (Å²) in [5.74, 6) is 1.13. The molecule has 0 spiro atoms. The lowest BCUT2D eigenvalue weighted by molar-refractivity contribution is -0.136. The molecule has 0 bridgehead atoms. The molecule has 2 rings (SSSR count). The number of benzene rings is 1. The summed E-state index contributed by atoms with van der Waals surface area (Å²) < 4.78 is 46.4. The van der Waals surface area contributed by atoms with Gasteiger partial charge in [-0.2, -0.15) is 13.2 Å². The SMILES string of the molecule is N[C@H](CCC(F)(F)F)c1ccc2c(c1)OCO2. The van der Waals surface area contributed by atoms with Gasteiger partial charge in [0.15, 0.2) is 11.5 Å². The minimum atomic E-state index is -4.17. The third-order valence-corrected chi connectivity index (χ3v) is 2.56. The van der Waals surface area contributed by atoms with Gasteiger partial charge < -0.3 is 15.2 Å². The molecular weight excluding hydrogens is 235 g/mol. The standard InChI is InChI=1S/C11H12F3NO2/c12-11(13,14)4-3-8(15)7-1-2-9-10(5-7)17-6-16-9/h1-2,5,8H,3-4,6,15H2/t8-/m1/s1. The lowest BCUT2D eigenvalue weighted by Gasteiger charge is -2.13. The van der Waals surface area contributed by atoms with E-state index in [0.29, 0.717) is 17.1 Å². The van der Waals surface area contributed by atoms with Crippen LogP contribution in [0.15, 0.2) is 18.2 Å². The summed E-state index contributed by atoms with van der Waals surface area (Å²) in [5.41, 5.74) is 6.32. The highest BCUT2D eigenvalue weighted by atomic mass is 19.4. The molecular formula is C11H12F3NO2. The van der Waals surface area contributed by atoms with Crippen molar-refractivity contribution in [2.45, 2.75) is 25.1 Å². The second kappa shape index (κ2) is 4.44. The molecule has 94 valence electrons. The van der Waals surface area contributed by atoms with E-state index in [1.165, 1.54) is 0 Å². The molecule has 1 aromatic carbocycles. The molecule has 0 saturated heterocycles. The van der Waals surface area contributed by atoms with Crippen LogP contribution < -0.4 is 15.2 Å². The van der Waals surface area contributed by atoms with Gasteiger partial charge in [0.25, 0.3) is 0 Å². The Balaban J connectivity index is 2.02.